The highest BCUT2D eigenvalue weighted by molar-refractivity contribution is 5.79. The molecule has 25 heavy (non-hydrogen) atoms. The molecule has 7 heteroatoms. The number of hydrogen-bond donors (Lipinski definition) is 2. The largest absolute Gasteiger partial charge is 0.443 e. The second-order valence-electron chi connectivity index (χ2n) is 6.67. The molecular weight excluding hydrogens is 326 g/mol. The van der Waals surface area contributed by atoms with Crippen LogP contribution < -0.4 is 10.6 Å². The topological polar surface area (TPSA) is 62.5 Å². The lowest BCUT2D eigenvalue weighted by molar-refractivity contribution is 0.379. The van der Waals surface area contributed by atoms with Crippen molar-refractivity contribution < 1.29 is 13.2 Å². The van der Waals surface area contributed by atoms with Gasteiger partial charge in [0.1, 0.15) is 17.4 Å². The molecule has 0 aliphatic heterocycles. The van der Waals surface area contributed by atoms with Gasteiger partial charge >= 0.3 is 0 Å². The van der Waals surface area contributed by atoms with Gasteiger partial charge in [-0.25, -0.2) is 13.8 Å². The van der Waals surface area contributed by atoms with Crippen LogP contribution in [0.4, 0.5) is 8.78 Å². The van der Waals surface area contributed by atoms with Gasteiger partial charge in [-0.2, -0.15) is 0 Å². The lowest BCUT2D eigenvalue weighted by Crippen LogP contribution is -2.38. The average Bonchev–Trinajstić information content (AvgIpc) is 3.02. The predicted molar refractivity (Wildman–Crippen MR) is 93.5 cm³/mol. The van der Waals surface area contributed by atoms with Crippen molar-refractivity contribution in [2.45, 2.75) is 39.2 Å². The Labute approximate surface area is 146 Å². The number of benzene rings is 1. The Morgan fingerprint density at radius 3 is 2.44 bits per heavy atom. The zero-order chi connectivity index (χ0) is 18.4. The first kappa shape index (κ1) is 18.9. The second-order valence-corrected chi connectivity index (χ2v) is 6.67. The van der Waals surface area contributed by atoms with E-state index < -0.39 is 11.6 Å². The number of aliphatic imine (C=N–C) groups is 1. The molecule has 0 atom stereocenters. The van der Waals surface area contributed by atoms with Crippen molar-refractivity contribution in [2.24, 2.45) is 4.99 Å². The predicted octanol–water partition coefficient (Wildman–Crippen LogP) is 3.16. The minimum absolute atomic E-state index is 0.0629. The smallest absolute Gasteiger partial charge is 0.213 e. The molecule has 2 N–H and O–H groups in total. The molecule has 1 aromatic heterocycles. The minimum Gasteiger partial charge on any atom is -0.443 e. The quantitative estimate of drug-likeness (QED) is 0.642. The van der Waals surface area contributed by atoms with E-state index in [4.69, 9.17) is 4.42 Å². The summed E-state index contributed by atoms with van der Waals surface area (Å²) < 4.78 is 32.9. The van der Waals surface area contributed by atoms with E-state index in [1.54, 1.807) is 13.2 Å². The number of aromatic nitrogens is 1. The van der Waals surface area contributed by atoms with E-state index in [9.17, 15) is 8.78 Å². The highest BCUT2D eigenvalue weighted by Crippen LogP contribution is 2.22. The van der Waals surface area contributed by atoms with Crippen LogP contribution in [0.2, 0.25) is 0 Å². The van der Waals surface area contributed by atoms with Gasteiger partial charge in [-0.3, -0.25) is 4.99 Å². The Balaban J connectivity index is 1.84. The molecule has 0 radical (unpaired) electrons. The first-order valence-electron chi connectivity index (χ1n) is 8.14. The summed E-state index contributed by atoms with van der Waals surface area (Å²) in [6.07, 6.45) is 1.93. The van der Waals surface area contributed by atoms with Crippen LogP contribution >= 0.6 is 0 Å². The third-order valence-corrected chi connectivity index (χ3v) is 3.65. The van der Waals surface area contributed by atoms with E-state index in [-0.39, 0.29) is 17.4 Å². The molecule has 1 aromatic carbocycles. The summed E-state index contributed by atoms with van der Waals surface area (Å²) >= 11 is 0. The van der Waals surface area contributed by atoms with Crippen LogP contribution in [0.15, 0.2) is 33.8 Å². The molecule has 0 aliphatic carbocycles. The lowest BCUT2D eigenvalue weighted by Gasteiger charge is -2.13. The zero-order valence-corrected chi connectivity index (χ0v) is 15.0. The number of nitrogens with one attached hydrogen (secondary N) is 2. The standard InChI is InChI=1S/C18H24F2N4O/c1-18(2,3)15-10-23-16(25-15)11-24-17(21-4)22-9-8-12-13(19)6-5-7-14(12)20/h5-7,10H,8-9,11H2,1-4H3,(H2,21,22,24). The van der Waals surface area contributed by atoms with Gasteiger partial charge in [-0.05, 0) is 18.6 Å². The van der Waals surface area contributed by atoms with Crippen LogP contribution in [0, 0.1) is 11.6 Å². The third-order valence-electron chi connectivity index (χ3n) is 3.65. The number of nitrogens with zero attached hydrogens (tertiary/aromatic N) is 2. The molecule has 0 spiro atoms. The van der Waals surface area contributed by atoms with Crippen LogP contribution in [0.25, 0.3) is 0 Å². The molecule has 0 saturated carbocycles. The lowest BCUT2D eigenvalue weighted by atomic mass is 9.94. The van der Waals surface area contributed by atoms with Gasteiger partial charge < -0.3 is 15.1 Å². The van der Waals surface area contributed by atoms with Crippen molar-refractivity contribution >= 4 is 5.96 Å². The fraction of sp³-hybridized carbons (Fsp3) is 0.444. The van der Waals surface area contributed by atoms with Gasteiger partial charge in [0.15, 0.2) is 5.96 Å². The summed E-state index contributed by atoms with van der Waals surface area (Å²) in [5.74, 6) is 0.779. The molecule has 2 rings (SSSR count). The van der Waals surface area contributed by atoms with Crippen molar-refractivity contribution in [3.63, 3.8) is 0 Å². The summed E-state index contributed by atoms with van der Waals surface area (Å²) in [6.45, 7) is 6.85. The third kappa shape index (κ3) is 5.27. The highest BCUT2D eigenvalue weighted by Gasteiger charge is 2.19. The summed E-state index contributed by atoms with van der Waals surface area (Å²) in [5.41, 5.74) is -0.0392. The maximum atomic E-state index is 13.6. The number of oxazole rings is 1. The number of guanidine groups is 1. The monoisotopic (exact) mass is 350 g/mol. The zero-order valence-electron chi connectivity index (χ0n) is 15.0. The fourth-order valence-corrected chi connectivity index (χ4v) is 2.20. The normalized spacial score (nSPS) is 12.3. The van der Waals surface area contributed by atoms with Crippen molar-refractivity contribution in [1.82, 2.24) is 15.6 Å². The van der Waals surface area contributed by atoms with Gasteiger partial charge in [0, 0.05) is 24.6 Å². The van der Waals surface area contributed by atoms with Gasteiger partial charge in [-0.15, -0.1) is 0 Å². The summed E-state index contributed by atoms with van der Waals surface area (Å²) in [7, 11) is 1.62. The summed E-state index contributed by atoms with van der Waals surface area (Å²) in [5, 5.41) is 6.08. The Hall–Kier alpha value is -2.44. The van der Waals surface area contributed by atoms with Crippen LogP contribution in [0.1, 0.15) is 38.0 Å². The average molecular weight is 350 g/mol. The Bertz CT molecular complexity index is 715. The van der Waals surface area contributed by atoms with E-state index in [0.29, 0.717) is 24.9 Å². The Morgan fingerprint density at radius 2 is 1.88 bits per heavy atom. The minimum atomic E-state index is -0.542. The van der Waals surface area contributed by atoms with E-state index in [1.165, 1.54) is 18.2 Å². The molecule has 0 amide bonds. The first-order valence-corrected chi connectivity index (χ1v) is 8.14. The van der Waals surface area contributed by atoms with Gasteiger partial charge in [0.25, 0.3) is 0 Å². The van der Waals surface area contributed by atoms with E-state index in [0.717, 1.165) is 5.76 Å². The molecule has 0 bridgehead atoms. The van der Waals surface area contributed by atoms with E-state index >= 15 is 0 Å². The van der Waals surface area contributed by atoms with Crippen molar-refractivity contribution in [2.75, 3.05) is 13.6 Å². The number of hydrogen-bond acceptors (Lipinski definition) is 3. The van der Waals surface area contributed by atoms with E-state index in [1.807, 2.05) is 20.8 Å². The van der Waals surface area contributed by atoms with Gasteiger partial charge in [0.2, 0.25) is 5.89 Å². The molecule has 136 valence electrons. The molecule has 5 nitrogen and oxygen atoms in total. The maximum absolute atomic E-state index is 13.6. The van der Waals surface area contributed by atoms with Crippen molar-refractivity contribution in [1.29, 1.82) is 0 Å². The molecule has 1 heterocycles. The molecule has 0 aliphatic rings. The summed E-state index contributed by atoms with van der Waals surface area (Å²) in [4.78, 5) is 8.30. The van der Waals surface area contributed by atoms with Crippen LogP contribution in [0.5, 0.6) is 0 Å². The molecule has 0 fully saturated rings. The van der Waals surface area contributed by atoms with Gasteiger partial charge in [-0.1, -0.05) is 26.8 Å². The van der Waals surface area contributed by atoms with Gasteiger partial charge in [0.05, 0.1) is 12.7 Å². The number of halogens is 2. The highest BCUT2D eigenvalue weighted by atomic mass is 19.1. The van der Waals surface area contributed by atoms with Crippen LogP contribution in [-0.4, -0.2) is 24.5 Å². The summed E-state index contributed by atoms with van der Waals surface area (Å²) in [6, 6.07) is 3.85. The van der Waals surface area contributed by atoms with Crippen molar-refractivity contribution in [3.8, 4) is 0 Å². The fourth-order valence-electron chi connectivity index (χ4n) is 2.20. The second kappa shape index (κ2) is 8.09. The Morgan fingerprint density at radius 1 is 1.20 bits per heavy atom. The molecule has 2 aromatic rings. The van der Waals surface area contributed by atoms with Crippen LogP contribution in [-0.2, 0) is 18.4 Å². The van der Waals surface area contributed by atoms with Crippen molar-refractivity contribution in [3.05, 3.63) is 53.2 Å². The maximum Gasteiger partial charge on any atom is 0.213 e. The van der Waals surface area contributed by atoms with Crippen LogP contribution in [0.3, 0.4) is 0 Å². The van der Waals surface area contributed by atoms with E-state index in [2.05, 4.69) is 20.6 Å². The number of rotatable bonds is 5. The molecule has 0 saturated heterocycles. The molecular formula is C18H24F2N4O. The first-order chi connectivity index (χ1) is 11.8. The molecule has 0 unspecified atom stereocenters. The SMILES string of the molecule is CN=C(NCCc1c(F)cccc1F)NCc1ncc(C(C)(C)C)o1. The Kier molecular flexibility index (Phi) is 6.12.